The lowest BCUT2D eigenvalue weighted by molar-refractivity contribution is -0.151. The van der Waals surface area contributed by atoms with E-state index in [0.717, 1.165) is 34.2 Å². The molecule has 1 amide bonds. The molecule has 0 aliphatic carbocycles. The van der Waals surface area contributed by atoms with E-state index in [1.165, 1.54) is 17.4 Å². The Morgan fingerprint density at radius 2 is 1.96 bits per heavy atom. The lowest BCUT2D eigenvalue weighted by Crippen LogP contribution is -2.49. The highest BCUT2D eigenvalue weighted by Gasteiger charge is 2.29. The third-order valence-corrected chi connectivity index (χ3v) is 6.41. The van der Waals surface area contributed by atoms with Crippen molar-refractivity contribution in [2.24, 2.45) is 0 Å². The number of hydrogen-bond donors (Lipinski definition) is 0. The molecule has 0 bridgehead atoms. The fourth-order valence-electron chi connectivity index (χ4n) is 3.45. The van der Waals surface area contributed by atoms with Crippen molar-refractivity contribution >= 4 is 51.0 Å². The Morgan fingerprint density at radius 1 is 1.27 bits per heavy atom. The van der Waals surface area contributed by atoms with Crippen molar-refractivity contribution in [1.29, 1.82) is 0 Å². The molecule has 3 rings (SSSR count). The van der Waals surface area contributed by atoms with Crippen LogP contribution in [0.1, 0.15) is 38.0 Å². The van der Waals surface area contributed by atoms with Crippen molar-refractivity contribution in [2.45, 2.75) is 45.2 Å². The van der Waals surface area contributed by atoms with Gasteiger partial charge in [-0.25, -0.2) is 4.79 Å². The summed E-state index contributed by atoms with van der Waals surface area (Å²) in [5.41, 5.74) is 0. The van der Waals surface area contributed by atoms with Crippen LogP contribution in [0.4, 0.5) is 0 Å². The second kappa shape index (κ2) is 8.23. The Balaban J connectivity index is 1.59. The number of thiophene rings is 1. The first-order chi connectivity index (χ1) is 12.5. The van der Waals surface area contributed by atoms with Crippen molar-refractivity contribution < 1.29 is 14.3 Å². The van der Waals surface area contributed by atoms with Gasteiger partial charge in [0.1, 0.15) is 0 Å². The standard InChI is InChI=1S/C20H22ClNO3S/c1-13-6-5-7-14(2)22(13)18(23)12-25-19(24)11-10-17-20(21)15-8-3-4-9-16(15)26-17/h3-4,8-11,13-14H,5-7,12H2,1-2H3/b11-10+/t13-,14+. The topological polar surface area (TPSA) is 46.6 Å². The van der Waals surface area contributed by atoms with E-state index in [2.05, 4.69) is 0 Å². The number of hydrogen-bond acceptors (Lipinski definition) is 4. The lowest BCUT2D eigenvalue weighted by atomic mass is 9.97. The highest BCUT2D eigenvalue weighted by Crippen LogP contribution is 2.35. The first-order valence-electron chi connectivity index (χ1n) is 8.80. The number of piperidine rings is 1. The molecule has 1 aliphatic rings. The van der Waals surface area contributed by atoms with Gasteiger partial charge in [-0.1, -0.05) is 29.8 Å². The van der Waals surface area contributed by atoms with Crippen LogP contribution in [0.2, 0.25) is 5.02 Å². The molecule has 0 unspecified atom stereocenters. The molecule has 138 valence electrons. The summed E-state index contributed by atoms with van der Waals surface area (Å²) in [4.78, 5) is 27.0. The van der Waals surface area contributed by atoms with Crippen LogP contribution in [0.3, 0.4) is 0 Å². The molecule has 0 spiro atoms. The van der Waals surface area contributed by atoms with Gasteiger partial charge in [-0.2, -0.15) is 0 Å². The highest BCUT2D eigenvalue weighted by atomic mass is 35.5. The van der Waals surface area contributed by atoms with Crippen LogP contribution >= 0.6 is 22.9 Å². The smallest absolute Gasteiger partial charge is 0.331 e. The maximum absolute atomic E-state index is 12.4. The minimum Gasteiger partial charge on any atom is -0.452 e. The zero-order valence-corrected chi connectivity index (χ0v) is 16.5. The largest absolute Gasteiger partial charge is 0.452 e. The van der Waals surface area contributed by atoms with Gasteiger partial charge < -0.3 is 9.64 Å². The minimum absolute atomic E-state index is 0.133. The van der Waals surface area contributed by atoms with Crippen LogP contribution < -0.4 is 0 Å². The van der Waals surface area contributed by atoms with Gasteiger partial charge in [-0.3, -0.25) is 4.79 Å². The fourth-order valence-corrected chi connectivity index (χ4v) is 4.85. The zero-order chi connectivity index (χ0) is 18.7. The number of esters is 1. The summed E-state index contributed by atoms with van der Waals surface area (Å²) in [5.74, 6) is -0.671. The number of carbonyl (C=O) groups is 2. The van der Waals surface area contributed by atoms with E-state index in [4.69, 9.17) is 16.3 Å². The van der Waals surface area contributed by atoms with Gasteiger partial charge in [0, 0.05) is 33.1 Å². The molecular formula is C20H22ClNO3S. The van der Waals surface area contributed by atoms with E-state index in [-0.39, 0.29) is 24.6 Å². The average molecular weight is 392 g/mol. The number of fused-ring (bicyclic) bond motifs is 1. The van der Waals surface area contributed by atoms with Crippen LogP contribution in [-0.4, -0.2) is 35.5 Å². The van der Waals surface area contributed by atoms with Crippen LogP contribution in [0, 0.1) is 0 Å². The minimum atomic E-state index is -0.538. The van der Waals surface area contributed by atoms with Crippen LogP contribution in [0.15, 0.2) is 30.3 Å². The van der Waals surface area contributed by atoms with Gasteiger partial charge in [-0.15, -0.1) is 11.3 Å². The number of likely N-dealkylation sites (tertiary alicyclic amines) is 1. The number of rotatable bonds is 4. The first kappa shape index (κ1) is 18.9. The molecular weight excluding hydrogens is 370 g/mol. The molecule has 26 heavy (non-hydrogen) atoms. The van der Waals surface area contributed by atoms with Gasteiger partial charge in [-0.05, 0) is 45.3 Å². The van der Waals surface area contributed by atoms with Gasteiger partial charge in [0.25, 0.3) is 5.91 Å². The number of nitrogens with zero attached hydrogens (tertiary/aromatic N) is 1. The summed E-state index contributed by atoms with van der Waals surface area (Å²) in [6.07, 6.45) is 6.09. The summed E-state index contributed by atoms with van der Waals surface area (Å²) in [5, 5.41) is 1.59. The van der Waals surface area contributed by atoms with Crippen molar-refractivity contribution in [2.75, 3.05) is 6.61 Å². The molecule has 0 N–H and O–H groups in total. The number of benzene rings is 1. The summed E-state index contributed by atoms with van der Waals surface area (Å²) >= 11 is 7.86. The predicted molar refractivity (Wildman–Crippen MR) is 106 cm³/mol. The van der Waals surface area contributed by atoms with E-state index >= 15 is 0 Å². The third-order valence-electron chi connectivity index (χ3n) is 4.75. The first-order valence-corrected chi connectivity index (χ1v) is 10.00. The van der Waals surface area contributed by atoms with E-state index in [1.54, 1.807) is 6.08 Å². The van der Waals surface area contributed by atoms with Gasteiger partial charge in [0.05, 0.1) is 5.02 Å². The van der Waals surface area contributed by atoms with Crippen molar-refractivity contribution in [1.82, 2.24) is 4.90 Å². The zero-order valence-electron chi connectivity index (χ0n) is 14.9. The van der Waals surface area contributed by atoms with Gasteiger partial charge in [0.15, 0.2) is 6.61 Å². The van der Waals surface area contributed by atoms with E-state index < -0.39 is 5.97 Å². The molecule has 1 saturated heterocycles. The summed E-state index contributed by atoms with van der Waals surface area (Å²) < 4.78 is 6.20. The third kappa shape index (κ3) is 4.10. The molecule has 2 heterocycles. The molecule has 2 aromatic rings. The maximum atomic E-state index is 12.4. The Labute approximate surface area is 162 Å². The van der Waals surface area contributed by atoms with Crippen LogP contribution in [-0.2, 0) is 14.3 Å². The predicted octanol–water partition coefficient (Wildman–Crippen LogP) is 4.90. The molecule has 1 aromatic carbocycles. The van der Waals surface area contributed by atoms with Crippen molar-refractivity contribution in [3.05, 3.63) is 40.2 Å². The monoisotopic (exact) mass is 391 g/mol. The van der Waals surface area contributed by atoms with Gasteiger partial charge in [0.2, 0.25) is 0 Å². The lowest BCUT2D eigenvalue weighted by Gasteiger charge is -2.38. The molecule has 0 radical (unpaired) electrons. The Kier molecular flexibility index (Phi) is 5.99. The molecule has 6 heteroatoms. The second-order valence-electron chi connectivity index (χ2n) is 6.65. The number of halogens is 1. The summed E-state index contributed by atoms with van der Waals surface area (Å²) in [6, 6.07) is 8.20. The molecule has 2 atom stereocenters. The second-order valence-corrected chi connectivity index (χ2v) is 8.11. The number of amides is 1. The summed E-state index contributed by atoms with van der Waals surface area (Å²) in [7, 11) is 0. The molecule has 1 fully saturated rings. The molecule has 1 aromatic heterocycles. The van der Waals surface area contributed by atoms with Crippen LogP contribution in [0.5, 0.6) is 0 Å². The fraction of sp³-hybridized carbons (Fsp3) is 0.400. The maximum Gasteiger partial charge on any atom is 0.331 e. The number of carbonyl (C=O) groups excluding carboxylic acids is 2. The highest BCUT2D eigenvalue weighted by molar-refractivity contribution is 7.20. The molecule has 1 aliphatic heterocycles. The quantitative estimate of drug-likeness (QED) is 0.550. The normalized spacial score (nSPS) is 20.7. The average Bonchev–Trinajstić information content (AvgIpc) is 2.94. The van der Waals surface area contributed by atoms with Crippen LogP contribution in [0.25, 0.3) is 16.2 Å². The van der Waals surface area contributed by atoms with Gasteiger partial charge >= 0.3 is 5.97 Å². The van der Waals surface area contributed by atoms with E-state index in [1.807, 2.05) is 43.0 Å². The molecule has 0 saturated carbocycles. The molecule has 4 nitrogen and oxygen atoms in total. The number of ether oxygens (including phenoxy) is 1. The SMILES string of the molecule is C[C@@H]1CCC[C@H](C)N1C(=O)COC(=O)/C=C/c1sc2ccccc2c1Cl. The Hall–Kier alpha value is -1.85. The van der Waals surface area contributed by atoms with E-state index in [0.29, 0.717) is 5.02 Å². The van der Waals surface area contributed by atoms with Crippen molar-refractivity contribution in [3.63, 3.8) is 0 Å². The van der Waals surface area contributed by atoms with E-state index in [9.17, 15) is 9.59 Å². The Bertz CT molecular complexity index is 835. The summed E-state index contributed by atoms with van der Waals surface area (Å²) in [6.45, 7) is 3.86. The van der Waals surface area contributed by atoms with Crippen molar-refractivity contribution in [3.8, 4) is 0 Å². The Morgan fingerprint density at radius 3 is 2.65 bits per heavy atom.